The van der Waals surface area contributed by atoms with Crippen molar-refractivity contribution < 1.29 is 9.59 Å². The normalized spacial score (nSPS) is 22.6. The third kappa shape index (κ3) is 4.99. The lowest BCUT2D eigenvalue weighted by atomic mass is 9.94. The molecule has 156 valence electrons. The maximum Gasteiger partial charge on any atom is 0.246 e. The minimum Gasteiger partial charge on any atom is -0.349 e. The van der Waals surface area contributed by atoms with Crippen molar-refractivity contribution in [2.45, 2.75) is 32.2 Å². The number of amides is 2. The van der Waals surface area contributed by atoms with Crippen molar-refractivity contribution in [3.05, 3.63) is 77.9 Å². The number of nitrogens with zero attached hydrogens (tertiary/aromatic N) is 1. The van der Waals surface area contributed by atoms with E-state index in [1.807, 2.05) is 59.5 Å². The van der Waals surface area contributed by atoms with Crippen LogP contribution in [0.25, 0.3) is 6.08 Å². The van der Waals surface area contributed by atoms with Crippen LogP contribution in [0.3, 0.4) is 0 Å². The molecular formula is C26H30N2O2. The molecule has 1 aliphatic heterocycles. The van der Waals surface area contributed by atoms with Gasteiger partial charge in [-0.25, -0.2) is 0 Å². The molecular weight excluding hydrogens is 372 g/mol. The maximum atomic E-state index is 13.0. The molecule has 30 heavy (non-hydrogen) atoms. The highest BCUT2D eigenvalue weighted by Crippen LogP contribution is 2.47. The summed E-state index contributed by atoms with van der Waals surface area (Å²) in [6.07, 6.45) is 6.09. The summed E-state index contributed by atoms with van der Waals surface area (Å²) in [6, 6.07) is 20.2. The predicted octanol–water partition coefficient (Wildman–Crippen LogP) is 4.45. The number of piperidine rings is 1. The Labute approximate surface area is 179 Å². The molecule has 1 aliphatic carbocycles. The number of rotatable bonds is 6. The molecule has 3 unspecified atom stereocenters. The van der Waals surface area contributed by atoms with E-state index in [0.717, 1.165) is 18.4 Å². The summed E-state index contributed by atoms with van der Waals surface area (Å²) in [5.41, 5.74) is 2.21. The molecule has 1 heterocycles. The van der Waals surface area contributed by atoms with Gasteiger partial charge in [0, 0.05) is 25.1 Å². The number of carbonyl (C=O) groups excluding carboxylic acids is 2. The van der Waals surface area contributed by atoms with Gasteiger partial charge in [-0.15, -0.1) is 0 Å². The van der Waals surface area contributed by atoms with Crippen molar-refractivity contribution in [1.29, 1.82) is 0 Å². The zero-order chi connectivity index (χ0) is 20.9. The number of nitrogens with one attached hydrogen (secondary N) is 1. The average molecular weight is 403 g/mol. The smallest absolute Gasteiger partial charge is 0.246 e. The topological polar surface area (TPSA) is 49.4 Å². The van der Waals surface area contributed by atoms with Gasteiger partial charge in [0.2, 0.25) is 11.8 Å². The summed E-state index contributed by atoms with van der Waals surface area (Å²) in [7, 11) is 0. The number of carbonyl (C=O) groups is 2. The molecule has 4 heteroatoms. The second-order valence-electron chi connectivity index (χ2n) is 8.62. The van der Waals surface area contributed by atoms with E-state index < -0.39 is 0 Å². The number of benzene rings is 2. The zero-order valence-corrected chi connectivity index (χ0v) is 17.5. The van der Waals surface area contributed by atoms with Crippen molar-refractivity contribution in [1.82, 2.24) is 10.2 Å². The van der Waals surface area contributed by atoms with Gasteiger partial charge in [-0.1, -0.05) is 67.6 Å². The Bertz CT molecular complexity index is 886. The van der Waals surface area contributed by atoms with Gasteiger partial charge in [0.1, 0.15) is 0 Å². The molecule has 4 rings (SSSR count). The van der Waals surface area contributed by atoms with Gasteiger partial charge in [-0.3, -0.25) is 9.59 Å². The van der Waals surface area contributed by atoms with Crippen LogP contribution < -0.4 is 5.32 Å². The molecule has 0 spiro atoms. The van der Waals surface area contributed by atoms with Crippen LogP contribution in [0.15, 0.2) is 66.7 Å². The Morgan fingerprint density at radius 1 is 1.00 bits per heavy atom. The van der Waals surface area contributed by atoms with Crippen LogP contribution in [0.5, 0.6) is 0 Å². The van der Waals surface area contributed by atoms with E-state index in [0.29, 0.717) is 24.9 Å². The Morgan fingerprint density at radius 2 is 1.60 bits per heavy atom. The fraction of sp³-hybridized carbons (Fsp3) is 0.385. The quantitative estimate of drug-likeness (QED) is 0.726. The molecule has 2 aliphatic rings. The molecule has 1 N–H and O–H groups in total. The van der Waals surface area contributed by atoms with E-state index >= 15 is 0 Å². The molecule has 0 aromatic heterocycles. The Morgan fingerprint density at radius 3 is 2.20 bits per heavy atom. The van der Waals surface area contributed by atoms with Gasteiger partial charge in [0.25, 0.3) is 0 Å². The molecule has 2 aromatic carbocycles. The monoisotopic (exact) mass is 402 g/mol. The van der Waals surface area contributed by atoms with Gasteiger partial charge < -0.3 is 10.2 Å². The first kappa shape index (κ1) is 20.4. The van der Waals surface area contributed by atoms with Crippen molar-refractivity contribution in [3.8, 4) is 0 Å². The minimum absolute atomic E-state index is 0.0201. The van der Waals surface area contributed by atoms with Crippen LogP contribution in [0, 0.1) is 17.8 Å². The molecule has 2 fully saturated rings. The summed E-state index contributed by atoms with van der Waals surface area (Å²) in [6.45, 7) is 3.51. The Kier molecular flexibility index (Phi) is 6.32. The van der Waals surface area contributed by atoms with E-state index in [9.17, 15) is 9.59 Å². The first-order chi connectivity index (χ1) is 14.6. The summed E-state index contributed by atoms with van der Waals surface area (Å²) in [4.78, 5) is 27.3. The summed E-state index contributed by atoms with van der Waals surface area (Å²) in [5.74, 6) is 1.32. The number of likely N-dealkylation sites (tertiary alicyclic amines) is 1. The third-order valence-electron chi connectivity index (χ3n) is 6.45. The molecule has 4 nitrogen and oxygen atoms in total. The van der Waals surface area contributed by atoms with E-state index in [1.165, 1.54) is 12.0 Å². The van der Waals surface area contributed by atoms with E-state index in [4.69, 9.17) is 0 Å². The number of hydrogen-bond donors (Lipinski definition) is 1. The van der Waals surface area contributed by atoms with Gasteiger partial charge in [0.15, 0.2) is 0 Å². The zero-order valence-electron chi connectivity index (χ0n) is 17.5. The van der Waals surface area contributed by atoms with E-state index in [-0.39, 0.29) is 23.8 Å². The van der Waals surface area contributed by atoms with Crippen molar-refractivity contribution >= 4 is 17.9 Å². The molecule has 1 saturated carbocycles. The lowest BCUT2D eigenvalue weighted by molar-refractivity contribution is -0.132. The molecule has 0 radical (unpaired) electrons. The molecule has 2 amide bonds. The Hall–Kier alpha value is -2.88. The number of hydrogen-bond acceptors (Lipinski definition) is 2. The van der Waals surface area contributed by atoms with Crippen LogP contribution in [-0.4, -0.2) is 29.8 Å². The average Bonchev–Trinajstić information content (AvgIpc) is 3.53. The molecule has 1 saturated heterocycles. The van der Waals surface area contributed by atoms with Gasteiger partial charge in [-0.2, -0.15) is 0 Å². The van der Waals surface area contributed by atoms with Gasteiger partial charge in [0.05, 0.1) is 6.04 Å². The standard InChI is InChI=1S/C26H30N2O2/c1-19-18-23(19)25(21-10-6-3-7-11-21)27-26(30)22-14-16-28(17-15-22)24(29)13-12-20-8-4-2-5-9-20/h2-13,19,22-23,25H,14-18H2,1H3,(H,27,30)/b13-12+. The van der Waals surface area contributed by atoms with Crippen LogP contribution in [-0.2, 0) is 9.59 Å². The second-order valence-corrected chi connectivity index (χ2v) is 8.62. The first-order valence-corrected chi connectivity index (χ1v) is 11.0. The lowest BCUT2D eigenvalue weighted by Gasteiger charge is -2.32. The van der Waals surface area contributed by atoms with Crippen LogP contribution in [0.2, 0.25) is 0 Å². The summed E-state index contributed by atoms with van der Waals surface area (Å²) >= 11 is 0. The summed E-state index contributed by atoms with van der Waals surface area (Å²) < 4.78 is 0. The SMILES string of the molecule is CC1CC1C(NC(=O)C1CCN(C(=O)/C=C/c2ccccc2)CC1)c1ccccc1. The first-order valence-electron chi connectivity index (χ1n) is 11.0. The van der Waals surface area contributed by atoms with Crippen molar-refractivity contribution in [3.63, 3.8) is 0 Å². The molecule has 0 bridgehead atoms. The maximum absolute atomic E-state index is 13.0. The highest BCUT2D eigenvalue weighted by atomic mass is 16.2. The fourth-order valence-corrected chi connectivity index (χ4v) is 4.38. The van der Waals surface area contributed by atoms with E-state index in [2.05, 4.69) is 24.4 Å². The fourth-order valence-electron chi connectivity index (χ4n) is 4.38. The van der Waals surface area contributed by atoms with Crippen LogP contribution in [0.1, 0.15) is 43.4 Å². The molecule has 3 atom stereocenters. The molecule has 2 aromatic rings. The predicted molar refractivity (Wildman–Crippen MR) is 119 cm³/mol. The van der Waals surface area contributed by atoms with Crippen LogP contribution in [0.4, 0.5) is 0 Å². The summed E-state index contributed by atoms with van der Waals surface area (Å²) in [5, 5.41) is 3.33. The van der Waals surface area contributed by atoms with Crippen molar-refractivity contribution in [2.24, 2.45) is 17.8 Å². The highest BCUT2D eigenvalue weighted by Gasteiger charge is 2.41. The van der Waals surface area contributed by atoms with E-state index in [1.54, 1.807) is 6.08 Å². The Balaban J connectivity index is 1.30. The van der Waals surface area contributed by atoms with Gasteiger partial charge in [-0.05, 0) is 48.3 Å². The largest absolute Gasteiger partial charge is 0.349 e. The van der Waals surface area contributed by atoms with Gasteiger partial charge >= 0.3 is 0 Å². The third-order valence-corrected chi connectivity index (χ3v) is 6.45. The highest BCUT2D eigenvalue weighted by molar-refractivity contribution is 5.92. The van der Waals surface area contributed by atoms with Crippen LogP contribution >= 0.6 is 0 Å². The lowest BCUT2D eigenvalue weighted by Crippen LogP contribution is -2.43. The van der Waals surface area contributed by atoms with Crippen molar-refractivity contribution in [2.75, 3.05) is 13.1 Å². The second kappa shape index (κ2) is 9.29. The minimum atomic E-state index is -0.0209.